The van der Waals surface area contributed by atoms with Gasteiger partial charge in [0.1, 0.15) is 0 Å². The Morgan fingerprint density at radius 2 is 1.45 bits per heavy atom. The van der Waals surface area contributed by atoms with Gasteiger partial charge in [0.15, 0.2) is 0 Å². The molecule has 0 aromatic rings. The van der Waals surface area contributed by atoms with Gasteiger partial charge in [-0.1, -0.05) is 27.7 Å². The Bertz CT molecular complexity index is 86.9. The standard InChI is InChI=1S/C10H23N/c1-8(2)5-6-10(11)7-9(3)4/h8-10H,5-7,11H2,1-4H3/t10-/m0/s1. The second-order valence-corrected chi connectivity index (χ2v) is 4.36. The van der Waals surface area contributed by atoms with Crippen molar-refractivity contribution < 1.29 is 0 Å². The zero-order valence-electron chi connectivity index (χ0n) is 8.43. The van der Waals surface area contributed by atoms with Gasteiger partial charge in [-0.25, -0.2) is 0 Å². The summed E-state index contributed by atoms with van der Waals surface area (Å²) in [6.45, 7) is 8.97. The van der Waals surface area contributed by atoms with Crippen molar-refractivity contribution in [3.63, 3.8) is 0 Å². The lowest BCUT2D eigenvalue weighted by Crippen LogP contribution is -2.22. The number of nitrogens with two attached hydrogens (primary N) is 1. The topological polar surface area (TPSA) is 26.0 Å². The Hall–Kier alpha value is -0.0400. The van der Waals surface area contributed by atoms with Crippen LogP contribution in [0.2, 0.25) is 0 Å². The molecule has 11 heavy (non-hydrogen) atoms. The summed E-state index contributed by atoms with van der Waals surface area (Å²) >= 11 is 0. The molecule has 0 aliphatic heterocycles. The molecule has 0 aromatic carbocycles. The summed E-state index contributed by atoms with van der Waals surface area (Å²) in [5.41, 5.74) is 5.92. The maximum Gasteiger partial charge on any atom is 0.00413 e. The maximum atomic E-state index is 5.92. The Morgan fingerprint density at radius 1 is 0.909 bits per heavy atom. The van der Waals surface area contributed by atoms with Crippen LogP contribution in [0.3, 0.4) is 0 Å². The summed E-state index contributed by atoms with van der Waals surface area (Å²) in [7, 11) is 0. The Labute approximate surface area is 71.4 Å². The van der Waals surface area contributed by atoms with Crippen LogP contribution in [-0.4, -0.2) is 6.04 Å². The molecular weight excluding hydrogens is 134 g/mol. The monoisotopic (exact) mass is 157 g/mol. The lowest BCUT2D eigenvalue weighted by atomic mass is 9.97. The van der Waals surface area contributed by atoms with Crippen LogP contribution in [-0.2, 0) is 0 Å². The van der Waals surface area contributed by atoms with Gasteiger partial charge in [-0.3, -0.25) is 0 Å². The lowest BCUT2D eigenvalue weighted by Gasteiger charge is -2.14. The number of hydrogen-bond acceptors (Lipinski definition) is 1. The molecule has 0 heterocycles. The molecule has 0 spiro atoms. The molecule has 0 aliphatic carbocycles. The highest BCUT2D eigenvalue weighted by Gasteiger charge is 2.05. The third-order valence-corrected chi connectivity index (χ3v) is 1.89. The highest BCUT2D eigenvalue weighted by Crippen LogP contribution is 2.11. The second kappa shape index (κ2) is 5.59. The fourth-order valence-corrected chi connectivity index (χ4v) is 1.27. The third-order valence-electron chi connectivity index (χ3n) is 1.89. The molecule has 0 rings (SSSR count). The second-order valence-electron chi connectivity index (χ2n) is 4.36. The third kappa shape index (κ3) is 7.86. The molecule has 0 saturated carbocycles. The number of hydrogen-bond donors (Lipinski definition) is 1. The fourth-order valence-electron chi connectivity index (χ4n) is 1.27. The summed E-state index contributed by atoms with van der Waals surface area (Å²) in [5.74, 6) is 1.55. The predicted octanol–water partition coefficient (Wildman–Crippen LogP) is 2.80. The van der Waals surface area contributed by atoms with Gasteiger partial charge in [-0.15, -0.1) is 0 Å². The smallest absolute Gasteiger partial charge is 0.00413 e. The van der Waals surface area contributed by atoms with Crippen molar-refractivity contribution in [2.24, 2.45) is 17.6 Å². The van der Waals surface area contributed by atoms with Gasteiger partial charge in [-0.05, 0) is 31.1 Å². The van der Waals surface area contributed by atoms with E-state index in [2.05, 4.69) is 27.7 Å². The lowest BCUT2D eigenvalue weighted by molar-refractivity contribution is 0.431. The maximum absolute atomic E-state index is 5.92. The minimum Gasteiger partial charge on any atom is -0.328 e. The van der Waals surface area contributed by atoms with Crippen LogP contribution in [0.5, 0.6) is 0 Å². The van der Waals surface area contributed by atoms with E-state index in [0.29, 0.717) is 6.04 Å². The van der Waals surface area contributed by atoms with Crippen LogP contribution >= 0.6 is 0 Å². The van der Waals surface area contributed by atoms with E-state index >= 15 is 0 Å². The van der Waals surface area contributed by atoms with Gasteiger partial charge in [-0.2, -0.15) is 0 Å². The van der Waals surface area contributed by atoms with Crippen molar-refractivity contribution in [2.45, 2.75) is 53.0 Å². The van der Waals surface area contributed by atoms with Crippen molar-refractivity contribution in [2.75, 3.05) is 0 Å². The van der Waals surface area contributed by atoms with E-state index in [-0.39, 0.29) is 0 Å². The van der Waals surface area contributed by atoms with Crippen LogP contribution in [0.15, 0.2) is 0 Å². The van der Waals surface area contributed by atoms with Gasteiger partial charge >= 0.3 is 0 Å². The average Bonchev–Trinajstić information content (AvgIpc) is 1.82. The molecular formula is C10H23N. The first-order valence-corrected chi connectivity index (χ1v) is 4.78. The van der Waals surface area contributed by atoms with Crippen molar-refractivity contribution in [1.29, 1.82) is 0 Å². The van der Waals surface area contributed by atoms with Gasteiger partial charge in [0.05, 0.1) is 0 Å². The zero-order chi connectivity index (χ0) is 8.85. The summed E-state index contributed by atoms with van der Waals surface area (Å²) in [4.78, 5) is 0. The van der Waals surface area contributed by atoms with Crippen LogP contribution in [0.1, 0.15) is 47.0 Å². The highest BCUT2D eigenvalue weighted by molar-refractivity contribution is 4.64. The molecule has 1 atom stereocenters. The molecule has 0 aromatic heterocycles. The largest absolute Gasteiger partial charge is 0.328 e. The van der Waals surface area contributed by atoms with E-state index in [0.717, 1.165) is 11.8 Å². The first-order chi connectivity index (χ1) is 5.02. The molecule has 68 valence electrons. The number of rotatable bonds is 5. The van der Waals surface area contributed by atoms with Crippen molar-refractivity contribution in [3.8, 4) is 0 Å². The Kier molecular flexibility index (Phi) is 5.57. The summed E-state index contributed by atoms with van der Waals surface area (Å²) in [6, 6.07) is 0.428. The van der Waals surface area contributed by atoms with E-state index in [1.807, 2.05) is 0 Å². The summed E-state index contributed by atoms with van der Waals surface area (Å²) in [5, 5.41) is 0. The molecule has 1 nitrogen and oxygen atoms in total. The highest BCUT2D eigenvalue weighted by atomic mass is 14.6. The summed E-state index contributed by atoms with van der Waals surface area (Å²) < 4.78 is 0. The molecule has 0 unspecified atom stereocenters. The SMILES string of the molecule is CC(C)CC[C@H](N)CC(C)C. The molecule has 1 heteroatoms. The normalized spacial score (nSPS) is 14.5. The van der Waals surface area contributed by atoms with E-state index < -0.39 is 0 Å². The molecule has 0 radical (unpaired) electrons. The molecule has 2 N–H and O–H groups in total. The molecule has 0 amide bonds. The van der Waals surface area contributed by atoms with Crippen molar-refractivity contribution in [1.82, 2.24) is 0 Å². The fraction of sp³-hybridized carbons (Fsp3) is 1.00. The van der Waals surface area contributed by atoms with Crippen LogP contribution in [0.4, 0.5) is 0 Å². The quantitative estimate of drug-likeness (QED) is 0.652. The van der Waals surface area contributed by atoms with Gasteiger partial charge < -0.3 is 5.73 Å². The Morgan fingerprint density at radius 3 is 1.82 bits per heavy atom. The van der Waals surface area contributed by atoms with Crippen LogP contribution < -0.4 is 5.73 Å². The first kappa shape index (κ1) is 11.0. The van der Waals surface area contributed by atoms with Crippen molar-refractivity contribution >= 4 is 0 Å². The Balaban J connectivity index is 3.29. The minimum absolute atomic E-state index is 0.428. The summed E-state index contributed by atoms with van der Waals surface area (Å²) in [6.07, 6.45) is 3.64. The van der Waals surface area contributed by atoms with Gasteiger partial charge in [0, 0.05) is 6.04 Å². The molecule has 0 saturated heterocycles. The zero-order valence-corrected chi connectivity index (χ0v) is 8.43. The van der Waals surface area contributed by atoms with Gasteiger partial charge in [0.2, 0.25) is 0 Å². The van der Waals surface area contributed by atoms with E-state index in [9.17, 15) is 0 Å². The van der Waals surface area contributed by atoms with E-state index in [1.165, 1.54) is 19.3 Å². The van der Waals surface area contributed by atoms with Crippen LogP contribution in [0.25, 0.3) is 0 Å². The van der Waals surface area contributed by atoms with Crippen molar-refractivity contribution in [3.05, 3.63) is 0 Å². The molecule has 0 bridgehead atoms. The van der Waals surface area contributed by atoms with E-state index in [4.69, 9.17) is 5.73 Å². The predicted molar refractivity (Wildman–Crippen MR) is 51.5 cm³/mol. The van der Waals surface area contributed by atoms with Crippen LogP contribution in [0, 0.1) is 11.8 Å². The molecule has 0 fully saturated rings. The van der Waals surface area contributed by atoms with E-state index in [1.54, 1.807) is 0 Å². The molecule has 0 aliphatic rings. The van der Waals surface area contributed by atoms with Gasteiger partial charge in [0.25, 0.3) is 0 Å². The minimum atomic E-state index is 0.428. The average molecular weight is 157 g/mol. The first-order valence-electron chi connectivity index (χ1n) is 4.78.